The second-order valence-corrected chi connectivity index (χ2v) is 4.29. The van der Waals surface area contributed by atoms with Gasteiger partial charge in [-0.1, -0.05) is 0 Å². The van der Waals surface area contributed by atoms with Crippen molar-refractivity contribution in [2.75, 3.05) is 25.4 Å². The van der Waals surface area contributed by atoms with E-state index in [0.29, 0.717) is 0 Å². The number of carbonyl (C=O) groups excluding carboxylic acids is 3. The molecule has 0 aliphatic rings. The Morgan fingerprint density at radius 3 is 2.14 bits per heavy atom. The average molecular weight is 322 g/mol. The number of amides is 3. The molecule has 0 aromatic heterocycles. The van der Waals surface area contributed by atoms with E-state index in [1.807, 2.05) is 5.32 Å². The molecule has 11 heteroatoms. The predicted octanol–water partition coefficient (Wildman–Crippen LogP) is -3.96. The van der Waals surface area contributed by atoms with Crippen LogP contribution in [-0.2, 0) is 19.2 Å². The van der Waals surface area contributed by atoms with Crippen LogP contribution in [0, 0.1) is 0 Å². The van der Waals surface area contributed by atoms with Crippen molar-refractivity contribution in [3.8, 4) is 0 Å². The van der Waals surface area contributed by atoms with Crippen molar-refractivity contribution in [1.82, 2.24) is 16.0 Å². The smallest absolute Gasteiger partial charge is 0.328 e. The van der Waals surface area contributed by atoms with Crippen LogP contribution in [0.3, 0.4) is 0 Å². The molecule has 0 saturated carbocycles. The summed E-state index contributed by atoms with van der Waals surface area (Å²) < 4.78 is 0. The summed E-state index contributed by atoms with van der Waals surface area (Å²) in [4.78, 5) is 44.4. The number of rotatable bonds is 9. The van der Waals surface area contributed by atoms with Gasteiger partial charge in [-0.3, -0.25) is 14.4 Å². The third kappa shape index (κ3) is 8.12. The van der Waals surface area contributed by atoms with Gasteiger partial charge in [0.05, 0.1) is 25.7 Å². The summed E-state index contributed by atoms with van der Waals surface area (Å²) in [7, 11) is 0. The van der Waals surface area contributed by atoms with E-state index in [1.165, 1.54) is 0 Å². The Kier molecular flexibility index (Phi) is 9.08. The fraction of sp³-hybridized carbons (Fsp3) is 0.600. The van der Waals surface area contributed by atoms with Crippen molar-refractivity contribution in [2.45, 2.75) is 12.1 Å². The molecule has 0 aromatic carbocycles. The zero-order valence-corrected chi connectivity index (χ0v) is 11.9. The molecule has 10 nitrogen and oxygen atoms in total. The fourth-order valence-electron chi connectivity index (χ4n) is 1.05. The van der Waals surface area contributed by atoms with Crippen LogP contribution in [0.5, 0.6) is 0 Å². The maximum atomic E-state index is 11.3. The number of hydrogen-bond donors (Lipinski definition) is 7. The highest BCUT2D eigenvalue weighted by atomic mass is 32.1. The lowest BCUT2D eigenvalue weighted by Crippen LogP contribution is -2.49. The van der Waals surface area contributed by atoms with Gasteiger partial charge < -0.3 is 31.9 Å². The van der Waals surface area contributed by atoms with E-state index < -0.39 is 48.9 Å². The predicted molar refractivity (Wildman–Crippen MR) is 74.5 cm³/mol. The maximum Gasteiger partial charge on any atom is 0.328 e. The van der Waals surface area contributed by atoms with Crippen molar-refractivity contribution in [2.24, 2.45) is 5.73 Å². The molecular weight excluding hydrogens is 304 g/mol. The summed E-state index contributed by atoms with van der Waals surface area (Å²) >= 11 is 3.82. The van der Waals surface area contributed by atoms with Gasteiger partial charge in [-0.05, 0) is 0 Å². The zero-order chi connectivity index (χ0) is 16.4. The largest absolute Gasteiger partial charge is 0.480 e. The zero-order valence-electron chi connectivity index (χ0n) is 11.0. The molecule has 0 radical (unpaired) electrons. The molecule has 0 saturated heterocycles. The van der Waals surface area contributed by atoms with Crippen LogP contribution in [0.2, 0.25) is 0 Å². The van der Waals surface area contributed by atoms with Crippen LogP contribution in [0.4, 0.5) is 0 Å². The molecule has 0 fully saturated rings. The fourth-order valence-corrected chi connectivity index (χ4v) is 1.22. The van der Waals surface area contributed by atoms with Gasteiger partial charge in [0, 0.05) is 5.75 Å². The molecule has 0 spiro atoms. The first-order valence-corrected chi connectivity index (χ1v) is 6.49. The third-order valence-corrected chi connectivity index (χ3v) is 2.61. The van der Waals surface area contributed by atoms with Gasteiger partial charge >= 0.3 is 5.97 Å². The lowest BCUT2D eigenvalue weighted by atomic mass is 10.3. The number of carboxylic acid groups (broad SMARTS) is 1. The van der Waals surface area contributed by atoms with E-state index >= 15 is 0 Å². The maximum absolute atomic E-state index is 11.3. The van der Waals surface area contributed by atoms with Gasteiger partial charge in [0.25, 0.3) is 0 Å². The minimum atomic E-state index is -1.44. The van der Waals surface area contributed by atoms with Gasteiger partial charge in [0.2, 0.25) is 17.7 Å². The molecule has 0 unspecified atom stereocenters. The van der Waals surface area contributed by atoms with Crippen molar-refractivity contribution in [1.29, 1.82) is 0 Å². The minimum absolute atomic E-state index is 0.119. The second-order valence-electron chi connectivity index (χ2n) is 3.92. The molecule has 7 N–H and O–H groups in total. The lowest BCUT2D eigenvalue weighted by Gasteiger charge is -2.12. The van der Waals surface area contributed by atoms with Gasteiger partial charge in [-0.15, -0.1) is 0 Å². The van der Waals surface area contributed by atoms with E-state index in [1.54, 1.807) is 0 Å². The Labute approximate surface area is 125 Å². The monoisotopic (exact) mass is 322 g/mol. The topological polar surface area (TPSA) is 171 Å². The van der Waals surface area contributed by atoms with Crippen LogP contribution < -0.4 is 21.7 Å². The first-order chi connectivity index (χ1) is 9.81. The molecule has 0 aliphatic carbocycles. The van der Waals surface area contributed by atoms with Crippen LogP contribution in [0.25, 0.3) is 0 Å². The van der Waals surface area contributed by atoms with E-state index in [9.17, 15) is 19.2 Å². The highest BCUT2D eigenvalue weighted by Gasteiger charge is 2.19. The van der Waals surface area contributed by atoms with Gasteiger partial charge in [-0.25, -0.2) is 4.79 Å². The number of aliphatic hydroxyl groups is 1. The van der Waals surface area contributed by atoms with Gasteiger partial charge in [0.15, 0.2) is 0 Å². The van der Waals surface area contributed by atoms with Crippen LogP contribution in [-0.4, -0.2) is 71.4 Å². The SMILES string of the molecule is N[C@@H](CS)C(=O)NCC(=O)NCC(=O)N[C@@H](CO)C(=O)O. The molecule has 0 aliphatic heterocycles. The van der Waals surface area contributed by atoms with Crippen molar-refractivity contribution >= 4 is 36.3 Å². The van der Waals surface area contributed by atoms with Crippen molar-refractivity contribution < 1.29 is 29.4 Å². The first-order valence-electron chi connectivity index (χ1n) is 5.85. The molecule has 3 amide bonds. The molecule has 0 bridgehead atoms. The van der Waals surface area contributed by atoms with Crippen LogP contribution in [0.15, 0.2) is 0 Å². The summed E-state index contributed by atoms with van der Waals surface area (Å²) in [5, 5.41) is 23.7. The third-order valence-electron chi connectivity index (χ3n) is 2.22. The normalized spacial score (nSPS) is 12.9. The van der Waals surface area contributed by atoms with Crippen molar-refractivity contribution in [3.63, 3.8) is 0 Å². The van der Waals surface area contributed by atoms with Crippen molar-refractivity contribution in [3.05, 3.63) is 0 Å². The van der Waals surface area contributed by atoms with Crippen LogP contribution >= 0.6 is 12.6 Å². The number of carbonyl (C=O) groups is 4. The highest BCUT2D eigenvalue weighted by molar-refractivity contribution is 7.80. The molecular formula is C10H18N4O6S. The molecule has 0 aromatic rings. The Balaban J connectivity index is 4.00. The Morgan fingerprint density at radius 2 is 1.67 bits per heavy atom. The summed E-state index contributed by atoms with van der Waals surface area (Å²) in [6.45, 7) is -1.64. The second kappa shape index (κ2) is 9.96. The number of nitrogens with two attached hydrogens (primary N) is 1. The number of thiol groups is 1. The van der Waals surface area contributed by atoms with E-state index in [2.05, 4.69) is 23.3 Å². The number of aliphatic hydroxyl groups excluding tert-OH is 1. The summed E-state index contributed by atoms with van der Waals surface area (Å²) in [6, 6.07) is -2.28. The standard InChI is InChI=1S/C10H18N4O6S/c11-5(4-21)9(18)13-1-7(16)12-2-8(17)14-6(3-15)10(19)20/h5-6,15,21H,1-4,11H2,(H,12,16)(H,13,18)(H,14,17)(H,19,20)/t5-,6-/m0/s1. The van der Waals surface area contributed by atoms with E-state index in [0.717, 1.165) is 0 Å². The quantitative estimate of drug-likeness (QED) is 0.212. The molecule has 120 valence electrons. The molecule has 2 atom stereocenters. The highest BCUT2D eigenvalue weighted by Crippen LogP contribution is 1.83. The lowest BCUT2D eigenvalue weighted by molar-refractivity contribution is -0.142. The molecule has 21 heavy (non-hydrogen) atoms. The number of hydrogen-bond acceptors (Lipinski definition) is 7. The number of carboxylic acids is 1. The van der Waals surface area contributed by atoms with E-state index in [4.69, 9.17) is 15.9 Å². The average Bonchev–Trinajstić information content (AvgIpc) is 2.46. The molecule has 0 heterocycles. The Morgan fingerprint density at radius 1 is 1.10 bits per heavy atom. The Bertz CT molecular complexity index is 405. The minimum Gasteiger partial charge on any atom is -0.480 e. The number of aliphatic carboxylic acids is 1. The summed E-state index contributed by atoms with van der Waals surface area (Å²) in [6.07, 6.45) is 0. The molecule has 0 rings (SSSR count). The summed E-state index contributed by atoms with van der Waals surface area (Å²) in [5.74, 6) is -3.28. The van der Waals surface area contributed by atoms with E-state index in [-0.39, 0.29) is 12.3 Å². The Hall–Kier alpha value is -1.85. The number of nitrogens with one attached hydrogen (secondary N) is 3. The van der Waals surface area contributed by atoms with Gasteiger partial charge in [0.1, 0.15) is 6.04 Å². The van der Waals surface area contributed by atoms with Crippen LogP contribution in [0.1, 0.15) is 0 Å². The van der Waals surface area contributed by atoms with Gasteiger partial charge in [-0.2, -0.15) is 12.6 Å². The summed E-state index contributed by atoms with van der Waals surface area (Å²) in [5.41, 5.74) is 5.36. The first kappa shape index (κ1) is 19.1.